The van der Waals surface area contributed by atoms with Crippen molar-refractivity contribution in [2.45, 2.75) is 52.3 Å². The Kier molecular flexibility index (Phi) is 7.09. The van der Waals surface area contributed by atoms with E-state index < -0.39 is 17.3 Å². The van der Waals surface area contributed by atoms with Gasteiger partial charge in [-0.2, -0.15) is 13.2 Å². The molecule has 1 unspecified atom stereocenters. The minimum atomic E-state index is -4.38. The number of amides is 1. The minimum absolute atomic E-state index is 0.146. The SMILES string of the molecule is Cc1cc(/[N+](C)=C\C2CCCN(C(=O)OC(C)(C)C)C2)nnc1-c1ccc(C(F)(F)F)cc1. The molecule has 0 spiro atoms. The predicted molar refractivity (Wildman–Crippen MR) is 120 cm³/mol. The zero-order valence-electron chi connectivity index (χ0n) is 19.6. The van der Waals surface area contributed by atoms with Crippen LogP contribution in [0.2, 0.25) is 0 Å². The Bertz CT molecular complexity index is 1030. The Morgan fingerprint density at radius 3 is 2.42 bits per heavy atom. The van der Waals surface area contributed by atoms with Crippen molar-refractivity contribution in [2.24, 2.45) is 5.92 Å². The van der Waals surface area contributed by atoms with Gasteiger partial charge >= 0.3 is 18.1 Å². The summed E-state index contributed by atoms with van der Waals surface area (Å²) in [4.78, 5) is 14.1. The number of rotatable bonds is 3. The fraction of sp³-hybridized carbons (Fsp3) is 0.500. The van der Waals surface area contributed by atoms with Gasteiger partial charge in [-0.3, -0.25) is 0 Å². The number of carbonyl (C=O) groups excluding carboxylic acids is 1. The molecule has 1 aliphatic rings. The van der Waals surface area contributed by atoms with Crippen molar-refractivity contribution in [1.29, 1.82) is 0 Å². The molecule has 1 amide bonds. The first kappa shape index (κ1) is 24.7. The van der Waals surface area contributed by atoms with Crippen molar-refractivity contribution in [3.05, 3.63) is 41.5 Å². The Balaban J connectivity index is 1.73. The second kappa shape index (κ2) is 9.49. The number of aromatic nitrogens is 2. The summed E-state index contributed by atoms with van der Waals surface area (Å²) in [5.41, 5.74) is 0.683. The van der Waals surface area contributed by atoms with Crippen LogP contribution in [0.3, 0.4) is 0 Å². The molecule has 1 aromatic carbocycles. The summed E-state index contributed by atoms with van der Waals surface area (Å²) in [5, 5.41) is 8.53. The van der Waals surface area contributed by atoms with Crippen LogP contribution < -0.4 is 0 Å². The van der Waals surface area contributed by atoms with Crippen LogP contribution in [0.4, 0.5) is 23.8 Å². The summed E-state index contributed by atoms with van der Waals surface area (Å²) in [6.45, 7) is 8.63. The topological polar surface area (TPSA) is 58.3 Å². The number of hydrogen-bond acceptors (Lipinski definition) is 4. The summed E-state index contributed by atoms with van der Waals surface area (Å²) in [6, 6.07) is 6.75. The first-order chi connectivity index (χ1) is 15.3. The fourth-order valence-electron chi connectivity index (χ4n) is 3.76. The molecule has 0 bridgehead atoms. The number of benzene rings is 1. The smallest absolute Gasteiger partial charge is 0.416 e. The first-order valence-corrected chi connectivity index (χ1v) is 10.9. The number of carbonyl (C=O) groups is 1. The lowest BCUT2D eigenvalue weighted by molar-refractivity contribution is -0.407. The highest BCUT2D eigenvalue weighted by Gasteiger charge is 2.30. The summed E-state index contributed by atoms with van der Waals surface area (Å²) in [6.07, 6.45) is -0.830. The van der Waals surface area contributed by atoms with Crippen LogP contribution in [0, 0.1) is 12.8 Å². The number of halogens is 3. The van der Waals surface area contributed by atoms with Crippen LogP contribution in [0.15, 0.2) is 30.3 Å². The number of ether oxygens (including phenoxy) is 1. The van der Waals surface area contributed by atoms with E-state index in [-0.39, 0.29) is 12.0 Å². The molecule has 1 aliphatic heterocycles. The maximum atomic E-state index is 12.8. The monoisotopic (exact) mass is 463 g/mol. The molecule has 2 heterocycles. The van der Waals surface area contributed by atoms with Gasteiger partial charge in [0.2, 0.25) is 0 Å². The van der Waals surface area contributed by atoms with Crippen LogP contribution in [0.25, 0.3) is 11.3 Å². The molecule has 6 nitrogen and oxygen atoms in total. The zero-order valence-corrected chi connectivity index (χ0v) is 19.6. The van der Waals surface area contributed by atoms with Crippen molar-refractivity contribution in [1.82, 2.24) is 15.1 Å². The van der Waals surface area contributed by atoms with Crippen LogP contribution in [0.5, 0.6) is 0 Å². The van der Waals surface area contributed by atoms with E-state index in [0.29, 0.717) is 30.2 Å². The maximum Gasteiger partial charge on any atom is 0.416 e. The quantitative estimate of drug-likeness (QED) is 0.448. The molecule has 1 fully saturated rings. The maximum absolute atomic E-state index is 12.8. The Hall–Kier alpha value is -2.97. The van der Waals surface area contributed by atoms with Gasteiger partial charge in [-0.1, -0.05) is 12.1 Å². The normalized spacial score (nSPS) is 17.8. The molecule has 0 N–H and O–H groups in total. The third-order valence-electron chi connectivity index (χ3n) is 5.36. The average Bonchev–Trinajstić information content (AvgIpc) is 2.72. The number of hydrogen-bond donors (Lipinski definition) is 0. The van der Waals surface area contributed by atoms with Crippen LogP contribution >= 0.6 is 0 Å². The van der Waals surface area contributed by atoms with Crippen LogP contribution in [-0.4, -0.2) is 57.7 Å². The predicted octanol–water partition coefficient (Wildman–Crippen LogP) is 5.46. The molecule has 0 aliphatic carbocycles. The van der Waals surface area contributed by atoms with Crippen molar-refractivity contribution in [2.75, 3.05) is 20.1 Å². The van der Waals surface area contributed by atoms with Gasteiger partial charge in [0.05, 0.1) is 23.9 Å². The lowest BCUT2D eigenvalue weighted by Crippen LogP contribution is -2.43. The van der Waals surface area contributed by atoms with E-state index in [1.165, 1.54) is 12.1 Å². The standard InChI is InChI=1S/C24H30F3N4O2/c1-16-13-20(28-29-21(16)18-8-10-19(11-9-18)24(25,26)27)30(5)14-17-7-6-12-31(15-17)22(32)33-23(2,3)4/h8-11,13-14,17H,6-7,12,15H2,1-5H3/q+1/b30-14-. The van der Waals surface area contributed by atoms with Crippen LogP contribution in [0.1, 0.15) is 44.7 Å². The summed E-state index contributed by atoms with van der Waals surface area (Å²) in [5.74, 6) is 0.769. The number of nitrogens with zero attached hydrogens (tertiary/aromatic N) is 4. The van der Waals surface area contributed by atoms with Gasteiger partial charge in [0, 0.05) is 30.6 Å². The minimum Gasteiger partial charge on any atom is -0.444 e. The van der Waals surface area contributed by atoms with Gasteiger partial charge in [0.1, 0.15) is 11.3 Å². The highest BCUT2D eigenvalue weighted by atomic mass is 19.4. The third-order valence-corrected chi connectivity index (χ3v) is 5.36. The number of alkyl halides is 3. The molecule has 0 radical (unpaired) electrons. The fourth-order valence-corrected chi connectivity index (χ4v) is 3.76. The van der Waals surface area contributed by atoms with Gasteiger partial charge in [-0.25, -0.2) is 9.37 Å². The van der Waals surface area contributed by atoms with E-state index in [0.717, 1.165) is 30.5 Å². The largest absolute Gasteiger partial charge is 0.444 e. The number of piperidine rings is 1. The first-order valence-electron chi connectivity index (χ1n) is 10.9. The second-order valence-corrected chi connectivity index (χ2v) is 9.40. The summed E-state index contributed by atoms with van der Waals surface area (Å²) < 4.78 is 45.8. The van der Waals surface area contributed by atoms with E-state index >= 15 is 0 Å². The Morgan fingerprint density at radius 2 is 1.85 bits per heavy atom. The molecule has 178 valence electrons. The summed E-state index contributed by atoms with van der Waals surface area (Å²) >= 11 is 0. The van der Waals surface area contributed by atoms with Gasteiger partial charge < -0.3 is 9.64 Å². The lowest BCUT2D eigenvalue weighted by Gasteiger charge is -2.32. The van der Waals surface area contributed by atoms with Gasteiger partial charge in [-0.05, 0) is 63.3 Å². The van der Waals surface area contributed by atoms with Gasteiger partial charge in [0.15, 0.2) is 0 Å². The highest BCUT2D eigenvalue weighted by molar-refractivity contribution is 5.69. The van der Waals surface area contributed by atoms with Crippen molar-refractivity contribution in [3.8, 4) is 11.3 Å². The van der Waals surface area contributed by atoms with E-state index in [1.807, 2.05) is 51.6 Å². The third kappa shape index (κ3) is 6.52. The lowest BCUT2D eigenvalue weighted by atomic mass is 9.99. The molecular weight excluding hydrogens is 433 g/mol. The van der Waals surface area contributed by atoms with E-state index in [1.54, 1.807) is 4.90 Å². The molecule has 33 heavy (non-hydrogen) atoms. The second-order valence-electron chi connectivity index (χ2n) is 9.40. The molecule has 1 saturated heterocycles. The van der Waals surface area contributed by atoms with Crippen molar-refractivity contribution < 1.29 is 27.3 Å². The molecule has 1 aromatic heterocycles. The van der Waals surface area contributed by atoms with Crippen LogP contribution in [-0.2, 0) is 10.9 Å². The molecule has 3 rings (SSSR count). The Labute approximate surface area is 192 Å². The van der Waals surface area contributed by atoms with Gasteiger partial charge in [-0.15, -0.1) is 0 Å². The number of aryl methyl sites for hydroxylation is 1. The molecule has 2 aromatic rings. The average molecular weight is 464 g/mol. The van der Waals surface area contributed by atoms with Crippen molar-refractivity contribution >= 4 is 18.1 Å². The molecule has 1 atom stereocenters. The summed E-state index contributed by atoms with van der Waals surface area (Å²) in [7, 11) is 1.87. The van der Waals surface area contributed by atoms with Crippen molar-refractivity contribution in [3.63, 3.8) is 0 Å². The molecule has 9 heteroatoms. The van der Waals surface area contributed by atoms with E-state index in [9.17, 15) is 18.0 Å². The zero-order chi connectivity index (χ0) is 24.4. The van der Waals surface area contributed by atoms with E-state index in [2.05, 4.69) is 10.2 Å². The van der Waals surface area contributed by atoms with Gasteiger partial charge in [0.25, 0.3) is 0 Å². The van der Waals surface area contributed by atoms with E-state index in [4.69, 9.17) is 4.74 Å². The highest BCUT2D eigenvalue weighted by Crippen LogP contribution is 2.31. The number of likely N-dealkylation sites (tertiary alicyclic amines) is 1. The molecule has 0 saturated carbocycles. The molecular formula is C24H30F3N4O2+. The Morgan fingerprint density at radius 1 is 1.18 bits per heavy atom.